The van der Waals surface area contributed by atoms with E-state index in [0.29, 0.717) is 24.4 Å². The first kappa shape index (κ1) is 19.6. The van der Waals surface area contributed by atoms with Gasteiger partial charge < -0.3 is 9.47 Å². The Balaban J connectivity index is 1.60. The van der Waals surface area contributed by atoms with Crippen molar-refractivity contribution < 1.29 is 14.3 Å². The van der Waals surface area contributed by atoms with Crippen LogP contribution in [-0.4, -0.2) is 27.3 Å². The molecule has 152 valence electrons. The smallest absolute Gasteiger partial charge is 0.339 e. The molecule has 2 aromatic carbocycles. The average molecular weight is 401 g/mol. The lowest BCUT2D eigenvalue weighted by atomic mass is 10.1. The Hall–Kier alpha value is -3.67. The van der Waals surface area contributed by atoms with Gasteiger partial charge in [0.25, 0.3) is 0 Å². The number of benzene rings is 2. The summed E-state index contributed by atoms with van der Waals surface area (Å²) < 4.78 is 12.9. The highest BCUT2D eigenvalue weighted by Gasteiger charge is 2.19. The van der Waals surface area contributed by atoms with E-state index in [2.05, 4.69) is 10.1 Å². The molecule has 6 nitrogen and oxygen atoms in total. The zero-order valence-electron chi connectivity index (χ0n) is 17.3. The van der Waals surface area contributed by atoms with E-state index in [1.165, 1.54) is 0 Å². The molecule has 0 atom stereocenters. The number of ether oxygens (including phenoxy) is 2. The fourth-order valence-electron chi connectivity index (χ4n) is 3.39. The number of pyridine rings is 1. The Morgan fingerprint density at radius 1 is 1.00 bits per heavy atom. The topological polar surface area (TPSA) is 66.2 Å². The molecule has 0 unspecified atom stereocenters. The molecule has 0 amide bonds. The first-order chi connectivity index (χ1) is 14.5. The van der Waals surface area contributed by atoms with E-state index >= 15 is 0 Å². The van der Waals surface area contributed by atoms with E-state index in [-0.39, 0.29) is 5.97 Å². The minimum atomic E-state index is -0.349. The molecule has 0 aliphatic heterocycles. The number of hydrogen-bond donors (Lipinski definition) is 0. The maximum Gasteiger partial charge on any atom is 0.339 e. The van der Waals surface area contributed by atoms with Crippen molar-refractivity contribution >= 4 is 17.0 Å². The van der Waals surface area contributed by atoms with E-state index in [9.17, 15) is 4.79 Å². The van der Waals surface area contributed by atoms with Gasteiger partial charge in [-0.3, -0.25) is 4.68 Å². The fraction of sp³-hybridized carbons (Fsp3) is 0.208. The van der Waals surface area contributed by atoms with E-state index in [1.807, 2.05) is 73.1 Å². The average Bonchev–Trinajstić information content (AvgIpc) is 3.05. The highest BCUT2D eigenvalue weighted by molar-refractivity contribution is 6.03. The van der Waals surface area contributed by atoms with E-state index in [0.717, 1.165) is 33.8 Å². The van der Waals surface area contributed by atoms with E-state index < -0.39 is 0 Å². The molecule has 0 spiro atoms. The number of esters is 1. The standard InChI is InChI=1S/C24H23N3O3/c1-4-29-24(28)21-14-16(2)25-23-22(21)17(3)27(26-23)15-18-10-12-20(13-11-18)30-19-8-6-5-7-9-19/h5-14H,4,15H2,1-3H3. The fourth-order valence-corrected chi connectivity index (χ4v) is 3.39. The van der Waals surface area contributed by atoms with Crippen LogP contribution in [0.3, 0.4) is 0 Å². The van der Waals surface area contributed by atoms with Crippen LogP contribution in [0.4, 0.5) is 0 Å². The van der Waals surface area contributed by atoms with Gasteiger partial charge in [0.2, 0.25) is 0 Å². The summed E-state index contributed by atoms with van der Waals surface area (Å²) in [5.74, 6) is 1.22. The monoisotopic (exact) mass is 401 g/mol. The lowest BCUT2D eigenvalue weighted by molar-refractivity contribution is 0.0528. The van der Waals surface area contributed by atoms with Gasteiger partial charge in [-0.1, -0.05) is 30.3 Å². The molecule has 0 radical (unpaired) electrons. The third-order valence-corrected chi connectivity index (χ3v) is 4.82. The Morgan fingerprint density at radius 2 is 1.70 bits per heavy atom. The number of carbonyl (C=O) groups is 1. The number of aryl methyl sites for hydroxylation is 2. The van der Waals surface area contributed by atoms with Crippen molar-refractivity contribution in [3.8, 4) is 11.5 Å². The van der Waals surface area contributed by atoms with Crippen LogP contribution < -0.4 is 4.74 Å². The van der Waals surface area contributed by atoms with Crippen LogP contribution in [0.25, 0.3) is 11.0 Å². The summed E-state index contributed by atoms with van der Waals surface area (Å²) in [4.78, 5) is 16.9. The van der Waals surface area contributed by atoms with Crippen LogP contribution in [0.15, 0.2) is 60.7 Å². The predicted molar refractivity (Wildman–Crippen MR) is 115 cm³/mol. The molecule has 4 aromatic rings. The van der Waals surface area contributed by atoms with Gasteiger partial charge in [0, 0.05) is 11.4 Å². The third-order valence-electron chi connectivity index (χ3n) is 4.82. The van der Waals surface area contributed by atoms with Gasteiger partial charge in [0.1, 0.15) is 11.5 Å². The van der Waals surface area contributed by atoms with Gasteiger partial charge >= 0.3 is 5.97 Å². The van der Waals surface area contributed by atoms with Gasteiger partial charge in [-0.2, -0.15) is 5.10 Å². The molecule has 2 heterocycles. The van der Waals surface area contributed by atoms with Crippen molar-refractivity contribution in [2.45, 2.75) is 27.3 Å². The Morgan fingerprint density at radius 3 is 2.40 bits per heavy atom. The van der Waals surface area contributed by atoms with Crippen molar-refractivity contribution in [2.24, 2.45) is 0 Å². The van der Waals surface area contributed by atoms with Gasteiger partial charge in [-0.15, -0.1) is 0 Å². The summed E-state index contributed by atoms with van der Waals surface area (Å²) in [5.41, 5.74) is 3.75. The van der Waals surface area contributed by atoms with Crippen LogP contribution >= 0.6 is 0 Å². The van der Waals surface area contributed by atoms with Gasteiger partial charge in [-0.05, 0) is 56.7 Å². The molecule has 0 saturated carbocycles. The largest absolute Gasteiger partial charge is 0.462 e. The summed E-state index contributed by atoms with van der Waals surface area (Å²) in [6, 6.07) is 19.3. The zero-order chi connectivity index (χ0) is 21.1. The molecule has 0 N–H and O–H groups in total. The zero-order valence-corrected chi connectivity index (χ0v) is 17.3. The highest BCUT2D eigenvalue weighted by atomic mass is 16.5. The number of para-hydroxylation sites is 1. The van der Waals surface area contributed by atoms with Crippen molar-refractivity contribution in [2.75, 3.05) is 6.61 Å². The summed E-state index contributed by atoms with van der Waals surface area (Å²) in [5, 5.41) is 5.37. The van der Waals surface area contributed by atoms with Crippen molar-refractivity contribution in [1.29, 1.82) is 0 Å². The maximum absolute atomic E-state index is 12.4. The van der Waals surface area contributed by atoms with Crippen LogP contribution in [0, 0.1) is 13.8 Å². The van der Waals surface area contributed by atoms with Crippen LogP contribution in [0.1, 0.15) is 34.2 Å². The van der Waals surface area contributed by atoms with Gasteiger partial charge in [-0.25, -0.2) is 9.78 Å². The van der Waals surface area contributed by atoms with Crippen molar-refractivity contribution in [3.05, 3.63) is 83.2 Å². The molecule has 0 aliphatic carbocycles. The number of rotatable bonds is 6. The number of hydrogen-bond acceptors (Lipinski definition) is 5. The molecule has 0 fully saturated rings. The summed E-state index contributed by atoms with van der Waals surface area (Å²) in [6.07, 6.45) is 0. The second kappa shape index (κ2) is 8.37. The first-order valence-electron chi connectivity index (χ1n) is 9.89. The molecular formula is C24H23N3O3. The van der Waals surface area contributed by atoms with Gasteiger partial charge in [0.05, 0.1) is 24.1 Å². The van der Waals surface area contributed by atoms with Crippen LogP contribution in [-0.2, 0) is 11.3 Å². The molecule has 0 aliphatic rings. The van der Waals surface area contributed by atoms with Crippen LogP contribution in [0.2, 0.25) is 0 Å². The Bertz CT molecular complexity index is 1180. The second-order valence-electron chi connectivity index (χ2n) is 7.03. The normalized spacial score (nSPS) is 10.9. The minimum Gasteiger partial charge on any atom is -0.462 e. The molecule has 30 heavy (non-hydrogen) atoms. The third kappa shape index (κ3) is 4.03. The first-order valence-corrected chi connectivity index (χ1v) is 9.89. The van der Waals surface area contributed by atoms with Crippen LogP contribution in [0.5, 0.6) is 11.5 Å². The van der Waals surface area contributed by atoms with Crippen molar-refractivity contribution in [1.82, 2.24) is 14.8 Å². The van der Waals surface area contributed by atoms with E-state index in [1.54, 1.807) is 13.0 Å². The van der Waals surface area contributed by atoms with E-state index in [4.69, 9.17) is 9.47 Å². The predicted octanol–water partition coefficient (Wildman–Crippen LogP) is 5.07. The minimum absolute atomic E-state index is 0.326. The number of carbonyl (C=O) groups excluding carboxylic acids is 1. The number of nitrogens with zero attached hydrogens (tertiary/aromatic N) is 3. The highest BCUT2D eigenvalue weighted by Crippen LogP contribution is 2.25. The summed E-state index contributed by atoms with van der Waals surface area (Å²) >= 11 is 0. The lowest BCUT2D eigenvalue weighted by Crippen LogP contribution is -2.07. The molecule has 0 bridgehead atoms. The summed E-state index contributed by atoms with van der Waals surface area (Å²) in [6.45, 7) is 6.48. The molecular weight excluding hydrogens is 378 g/mol. The second-order valence-corrected chi connectivity index (χ2v) is 7.03. The quantitative estimate of drug-likeness (QED) is 0.422. The van der Waals surface area contributed by atoms with Gasteiger partial charge in [0.15, 0.2) is 5.65 Å². The molecule has 2 aromatic heterocycles. The molecule has 6 heteroatoms. The van der Waals surface area contributed by atoms with Crippen molar-refractivity contribution in [3.63, 3.8) is 0 Å². The number of aromatic nitrogens is 3. The molecule has 0 saturated heterocycles. The SMILES string of the molecule is CCOC(=O)c1cc(C)nc2nn(Cc3ccc(Oc4ccccc4)cc3)c(C)c12. The maximum atomic E-state index is 12.4. The lowest BCUT2D eigenvalue weighted by Gasteiger charge is -2.08. The Labute approximate surface area is 175 Å². The summed E-state index contributed by atoms with van der Waals surface area (Å²) in [7, 11) is 0. The Kier molecular flexibility index (Phi) is 5.48. The number of fused-ring (bicyclic) bond motifs is 1. The molecule has 4 rings (SSSR count).